The average molecular weight is 408 g/mol. The zero-order valence-electron chi connectivity index (χ0n) is 16.9. The minimum atomic E-state index is 0.426. The Labute approximate surface area is 177 Å². The summed E-state index contributed by atoms with van der Waals surface area (Å²) in [7, 11) is 0. The smallest absolute Gasteiger partial charge is 0.225 e. The molecular formula is C23H26ClN5. The molecule has 0 saturated heterocycles. The van der Waals surface area contributed by atoms with Crippen molar-refractivity contribution < 1.29 is 0 Å². The van der Waals surface area contributed by atoms with Crippen LogP contribution in [0.2, 0.25) is 5.02 Å². The van der Waals surface area contributed by atoms with Crippen LogP contribution in [0.1, 0.15) is 43.2 Å². The van der Waals surface area contributed by atoms with Gasteiger partial charge in [0.05, 0.1) is 5.69 Å². The summed E-state index contributed by atoms with van der Waals surface area (Å²) in [6.45, 7) is 4.08. The number of pyridine rings is 1. The molecule has 0 radical (unpaired) electrons. The van der Waals surface area contributed by atoms with Gasteiger partial charge in [-0.3, -0.25) is 4.98 Å². The number of benzene rings is 1. The van der Waals surface area contributed by atoms with Crippen molar-refractivity contribution in [2.75, 3.05) is 10.6 Å². The fourth-order valence-electron chi connectivity index (χ4n) is 3.81. The van der Waals surface area contributed by atoms with Crippen molar-refractivity contribution >= 4 is 29.1 Å². The molecule has 1 aromatic carbocycles. The minimum Gasteiger partial charge on any atom is -0.351 e. The van der Waals surface area contributed by atoms with E-state index in [1.165, 1.54) is 19.3 Å². The van der Waals surface area contributed by atoms with Gasteiger partial charge in [-0.1, -0.05) is 36.9 Å². The summed E-state index contributed by atoms with van der Waals surface area (Å²) in [5.74, 6) is 1.39. The first kappa shape index (κ1) is 19.6. The molecule has 3 aromatic rings. The van der Waals surface area contributed by atoms with Gasteiger partial charge in [0.1, 0.15) is 5.82 Å². The molecule has 2 N–H and O–H groups in total. The molecule has 0 aliphatic heterocycles. The Balaban J connectivity index is 1.70. The molecule has 1 aliphatic rings. The Morgan fingerprint density at radius 3 is 2.62 bits per heavy atom. The number of hydrogen-bond donors (Lipinski definition) is 2. The van der Waals surface area contributed by atoms with Crippen LogP contribution in [0.3, 0.4) is 0 Å². The Kier molecular flexibility index (Phi) is 5.95. The van der Waals surface area contributed by atoms with Crippen LogP contribution in [0.25, 0.3) is 11.3 Å². The van der Waals surface area contributed by atoms with E-state index in [-0.39, 0.29) is 0 Å². The lowest BCUT2D eigenvalue weighted by Gasteiger charge is -2.23. The van der Waals surface area contributed by atoms with Crippen LogP contribution in [0.5, 0.6) is 0 Å². The number of nitrogens with one attached hydrogen (secondary N) is 2. The van der Waals surface area contributed by atoms with Crippen LogP contribution in [-0.2, 0) is 0 Å². The van der Waals surface area contributed by atoms with Crippen molar-refractivity contribution in [3.8, 4) is 11.3 Å². The van der Waals surface area contributed by atoms with Crippen LogP contribution < -0.4 is 10.6 Å². The molecule has 29 heavy (non-hydrogen) atoms. The SMILES string of the molecule is Cc1ccc(Cl)c(C)c1Nc1cc(-c2cccnc2)nc(NC2CCCCC2)n1. The number of anilines is 3. The number of rotatable bonds is 5. The Bertz CT molecular complexity index is 984. The Morgan fingerprint density at radius 2 is 1.86 bits per heavy atom. The number of hydrogen-bond acceptors (Lipinski definition) is 5. The maximum atomic E-state index is 6.35. The molecule has 1 aliphatic carbocycles. The van der Waals surface area contributed by atoms with E-state index in [1.807, 2.05) is 43.5 Å². The van der Waals surface area contributed by atoms with Crippen molar-refractivity contribution in [3.63, 3.8) is 0 Å². The molecule has 2 heterocycles. The maximum absolute atomic E-state index is 6.35. The molecule has 1 fully saturated rings. The van der Waals surface area contributed by atoms with Crippen LogP contribution >= 0.6 is 11.6 Å². The number of nitrogens with zero attached hydrogens (tertiary/aromatic N) is 3. The van der Waals surface area contributed by atoms with Gasteiger partial charge >= 0.3 is 0 Å². The van der Waals surface area contributed by atoms with E-state index in [2.05, 4.69) is 22.5 Å². The van der Waals surface area contributed by atoms with Crippen LogP contribution in [0.4, 0.5) is 17.5 Å². The summed E-state index contributed by atoms with van der Waals surface area (Å²) in [5, 5.41) is 7.76. The molecule has 0 unspecified atom stereocenters. The predicted molar refractivity (Wildman–Crippen MR) is 120 cm³/mol. The van der Waals surface area contributed by atoms with Gasteiger partial charge in [0.25, 0.3) is 0 Å². The minimum absolute atomic E-state index is 0.426. The van der Waals surface area contributed by atoms with Crippen LogP contribution in [0, 0.1) is 13.8 Å². The first-order valence-electron chi connectivity index (χ1n) is 10.2. The second-order valence-electron chi connectivity index (χ2n) is 7.67. The third-order valence-corrected chi connectivity index (χ3v) is 5.89. The topological polar surface area (TPSA) is 62.7 Å². The van der Waals surface area contributed by atoms with Crippen molar-refractivity contribution in [2.45, 2.75) is 52.0 Å². The fourth-order valence-corrected chi connectivity index (χ4v) is 3.97. The summed E-state index contributed by atoms with van der Waals surface area (Å²) in [5.41, 5.74) is 4.91. The van der Waals surface area contributed by atoms with E-state index in [0.717, 1.165) is 51.8 Å². The van der Waals surface area contributed by atoms with Gasteiger partial charge < -0.3 is 10.6 Å². The number of aromatic nitrogens is 3. The molecule has 2 aromatic heterocycles. The van der Waals surface area contributed by atoms with Gasteiger partial charge in [0, 0.05) is 40.8 Å². The predicted octanol–water partition coefficient (Wildman–Crippen LogP) is 6.30. The summed E-state index contributed by atoms with van der Waals surface area (Å²) < 4.78 is 0. The van der Waals surface area contributed by atoms with Gasteiger partial charge in [0.2, 0.25) is 5.95 Å². The van der Waals surface area contributed by atoms with E-state index >= 15 is 0 Å². The lowest BCUT2D eigenvalue weighted by Crippen LogP contribution is -2.23. The summed E-state index contributed by atoms with van der Waals surface area (Å²) in [6, 6.07) is 10.3. The van der Waals surface area contributed by atoms with E-state index in [9.17, 15) is 0 Å². The Morgan fingerprint density at radius 1 is 1.03 bits per heavy atom. The first-order valence-corrected chi connectivity index (χ1v) is 10.6. The molecule has 6 heteroatoms. The van der Waals surface area contributed by atoms with Gasteiger partial charge in [0.15, 0.2) is 0 Å². The monoisotopic (exact) mass is 407 g/mol. The largest absolute Gasteiger partial charge is 0.351 e. The summed E-state index contributed by atoms with van der Waals surface area (Å²) in [6.07, 6.45) is 9.74. The lowest BCUT2D eigenvalue weighted by molar-refractivity contribution is 0.461. The molecule has 0 amide bonds. The van der Waals surface area contributed by atoms with E-state index < -0.39 is 0 Å². The van der Waals surface area contributed by atoms with Gasteiger partial charge in [-0.25, -0.2) is 4.98 Å². The van der Waals surface area contributed by atoms with Crippen molar-refractivity contribution in [2.24, 2.45) is 0 Å². The van der Waals surface area contributed by atoms with Gasteiger partial charge in [-0.05, 0) is 56.0 Å². The highest BCUT2D eigenvalue weighted by atomic mass is 35.5. The molecule has 150 valence electrons. The zero-order valence-corrected chi connectivity index (χ0v) is 17.6. The average Bonchev–Trinajstić information content (AvgIpc) is 2.75. The molecular weight excluding hydrogens is 382 g/mol. The molecule has 0 bridgehead atoms. The van der Waals surface area contributed by atoms with E-state index in [4.69, 9.17) is 21.6 Å². The maximum Gasteiger partial charge on any atom is 0.225 e. The van der Waals surface area contributed by atoms with E-state index in [1.54, 1.807) is 6.20 Å². The molecule has 0 atom stereocenters. The second-order valence-corrected chi connectivity index (χ2v) is 8.08. The van der Waals surface area contributed by atoms with Crippen LogP contribution in [0.15, 0.2) is 42.7 Å². The van der Waals surface area contributed by atoms with Gasteiger partial charge in [-0.15, -0.1) is 0 Å². The molecule has 0 spiro atoms. The summed E-state index contributed by atoms with van der Waals surface area (Å²) >= 11 is 6.35. The number of aryl methyl sites for hydroxylation is 1. The van der Waals surface area contributed by atoms with Crippen molar-refractivity contribution in [1.82, 2.24) is 15.0 Å². The number of halogens is 1. The standard InChI is InChI=1S/C23H26ClN5/c1-15-10-11-19(24)16(2)22(15)28-21-13-20(17-7-6-12-25-14-17)27-23(29-21)26-18-8-4-3-5-9-18/h6-7,10-14,18H,3-5,8-9H2,1-2H3,(H2,26,27,28,29). The first-order chi connectivity index (χ1) is 14.1. The highest BCUT2D eigenvalue weighted by Crippen LogP contribution is 2.31. The summed E-state index contributed by atoms with van der Waals surface area (Å²) in [4.78, 5) is 13.8. The van der Waals surface area contributed by atoms with Crippen LogP contribution in [-0.4, -0.2) is 21.0 Å². The zero-order chi connectivity index (χ0) is 20.2. The fraction of sp³-hybridized carbons (Fsp3) is 0.348. The quantitative estimate of drug-likeness (QED) is 0.519. The lowest BCUT2D eigenvalue weighted by atomic mass is 9.96. The van der Waals surface area contributed by atoms with Crippen molar-refractivity contribution in [1.29, 1.82) is 0 Å². The Hall–Kier alpha value is -2.66. The van der Waals surface area contributed by atoms with E-state index in [0.29, 0.717) is 12.0 Å². The molecule has 4 rings (SSSR count). The highest BCUT2D eigenvalue weighted by molar-refractivity contribution is 6.31. The third kappa shape index (κ3) is 4.67. The second kappa shape index (κ2) is 8.78. The third-order valence-electron chi connectivity index (χ3n) is 5.48. The highest BCUT2D eigenvalue weighted by Gasteiger charge is 2.16. The molecule has 5 nitrogen and oxygen atoms in total. The normalized spacial score (nSPS) is 14.6. The van der Waals surface area contributed by atoms with Crippen molar-refractivity contribution in [3.05, 3.63) is 58.9 Å². The molecule has 1 saturated carbocycles. The van der Waals surface area contributed by atoms with Gasteiger partial charge in [-0.2, -0.15) is 4.98 Å².